The molecule has 0 spiro atoms. The van der Waals surface area contributed by atoms with E-state index in [4.69, 9.17) is 0 Å². The number of aliphatic hydroxyl groups excluding tert-OH is 1. The van der Waals surface area contributed by atoms with Crippen molar-refractivity contribution in [1.29, 1.82) is 0 Å². The maximum atomic E-state index is 13.6. The highest BCUT2D eigenvalue weighted by Gasteiger charge is 2.57. The second-order valence-electron chi connectivity index (χ2n) is 8.53. The minimum atomic E-state index is -0.290. The van der Waals surface area contributed by atoms with Crippen molar-refractivity contribution in [3.05, 3.63) is 58.4 Å². The third kappa shape index (κ3) is 2.80. The summed E-state index contributed by atoms with van der Waals surface area (Å²) in [6.45, 7) is 5.29. The van der Waals surface area contributed by atoms with Crippen molar-refractivity contribution in [3.8, 4) is 0 Å². The predicted octanol–water partition coefficient (Wildman–Crippen LogP) is 3.43. The number of hydrogen-bond acceptors (Lipinski definition) is 3. The molecule has 28 heavy (non-hydrogen) atoms. The van der Waals surface area contributed by atoms with Crippen molar-refractivity contribution in [3.63, 3.8) is 0 Å². The molecule has 2 N–H and O–H groups in total. The Kier molecular flexibility index (Phi) is 4.66. The molecule has 2 fully saturated rings. The van der Waals surface area contributed by atoms with Crippen LogP contribution < -0.4 is 0 Å². The average molecular weight is 380 g/mol. The zero-order valence-electron chi connectivity index (χ0n) is 16.8. The molecule has 4 rings (SSSR count). The number of amides is 1. The summed E-state index contributed by atoms with van der Waals surface area (Å²) in [5, 5.41) is 10.4. The van der Waals surface area contributed by atoms with Gasteiger partial charge in [-0.25, -0.2) is 0 Å². The molecule has 0 saturated carbocycles. The number of nitrogens with zero attached hydrogens (tertiary/aromatic N) is 1. The summed E-state index contributed by atoms with van der Waals surface area (Å²) in [7, 11) is 0. The van der Waals surface area contributed by atoms with Gasteiger partial charge in [-0.1, -0.05) is 30.3 Å². The number of H-pyrrole nitrogens is 1. The monoisotopic (exact) mass is 380 g/mol. The lowest BCUT2D eigenvalue weighted by Gasteiger charge is -2.36. The van der Waals surface area contributed by atoms with Gasteiger partial charge in [0.2, 0.25) is 0 Å². The van der Waals surface area contributed by atoms with Gasteiger partial charge in [0.25, 0.3) is 5.91 Å². The number of hydrogen-bond donors (Lipinski definition) is 2. The third-order valence-corrected chi connectivity index (χ3v) is 6.80. The number of aromatic amines is 1. The number of benzene rings is 1. The first-order valence-corrected chi connectivity index (χ1v) is 10.1. The van der Waals surface area contributed by atoms with Gasteiger partial charge in [0, 0.05) is 30.1 Å². The van der Waals surface area contributed by atoms with Crippen LogP contribution in [0.5, 0.6) is 0 Å². The second-order valence-corrected chi connectivity index (χ2v) is 8.53. The van der Waals surface area contributed by atoms with Crippen molar-refractivity contribution < 1.29 is 14.7 Å². The van der Waals surface area contributed by atoms with E-state index in [9.17, 15) is 14.7 Å². The van der Waals surface area contributed by atoms with Crippen LogP contribution in [-0.4, -0.2) is 45.4 Å². The van der Waals surface area contributed by atoms with Gasteiger partial charge in [0.1, 0.15) is 0 Å². The van der Waals surface area contributed by atoms with Crippen LogP contribution in [0, 0.1) is 19.3 Å². The van der Waals surface area contributed by atoms with Gasteiger partial charge in [-0.15, -0.1) is 0 Å². The highest BCUT2D eigenvalue weighted by molar-refractivity contribution is 6.03. The standard InChI is InChI=1S/C23H28N2O3/c1-14-20(15(2)24-21(14)16(3)27)22(28)25-18-9-10-19(25)23(12-18,13-26)11-17-7-5-4-6-8-17/h4-8,18-19,24,26H,9-13H2,1-3H3/t18-,19+,23-/m0/s1. The third-order valence-electron chi connectivity index (χ3n) is 6.80. The molecule has 2 saturated heterocycles. The van der Waals surface area contributed by atoms with Crippen LogP contribution in [0.3, 0.4) is 0 Å². The van der Waals surface area contributed by atoms with Crippen molar-refractivity contribution in [2.45, 2.75) is 58.5 Å². The molecule has 5 heteroatoms. The van der Waals surface area contributed by atoms with Crippen LogP contribution in [0.4, 0.5) is 0 Å². The molecule has 2 aliphatic rings. The number of rotatable bonds is 5. The predicted molar refractivity (Wildman–Crippen MR) is 108 cm³/mol. The van der Waals surface area contributed by atoms with Gasteiger partial charge in [-0.05, 0) is 50.7 Å². The first-order chi connectivity index (χ1) is 13.4. The van der Waals surface area contributed by atoms with Gasteiger partial charge in [-0.3, -0.25) is 9.59 Å². The number of fused-ring (bicyclic) bond motifs is 2. The number of aryl methyl sites for hydroxylation is 1. The van der Waals surface area contributed by atoms with Gasteiger partial charge in [-0.2, -0.15) is 0 Å². The lowest BCUT2D eigenvalue weighted by Crippen LogP contribution is -2.44. The lowest BCUT2D eigenvalue weighted by atomic mass is 9.70. The summed E-state index contributed by atoms with van der Waals surface area (Å²) in [6, 6.07) is 10.4. The Balaban J connectivity index is 1.67. The van der Waals surface area contributed by atoms with E-state index in [1.165, 1.54) is 12.5 Å². The number of carbonyl (C=O) groups is 2. The highest BCUT2D eigenvalue weighted by atomic mass is 16.3. The molecule has 1 amide bonds. The Bertz CT molecular complexity index is 917. The molecule has 2 aromatic rings. The van der Waals surface area contributed by atoms with Gasteiger partial charge in [0.05, 0.1) is 17.9 Å². The summed E-state index contributed by atoms with van der Waals surface area (Å²) in [4.78, 5) is 30.5. The molecular weight excluding hydrogens is 352 g/mol. The minimum Gasteiger partial charge on any atom is -0.396 e. The molecule has 148 valence electrons. The average Bonchev–Trinajstić information content (AvgIpc) is 3.32. The number of Topliss-reactive ketones (excluding diaryl/α,β-unsaturated/α-hetero) is 1. The first kappa shape index (κ1) is 18.9. The van der Waals surface area contributed by atoms with Crippen LogP contribution in [0.1, 0.15) is 63.9 Å². The number of carbonyl (C=O) groups excluding carboxylic acids is 2. The van der Waals surface area contributed by atoms with Gasteiger partial charge in [0.15, 0.2) is 5.78 Å². The van der Waals surface area contributed by atoms with Gasteiger partial charge < -0.3 is 15.0 Å². The van der Waals surface area contributed by atoms with Crippen molar-refractivity contribution in [2.75, 3.05) is 6.61 Å². The number of ketones is 1. The van der Waals surface area contributed by atoms with Crippen molar-refractivity contribution in [2.24, 2.45) is 5.41 Å². The molecule has 1 aromatic heterocycles. The molecule has 3 heterocycles. The topological polar surface area (TPSA) is 73.4 Å². The zero-order valence-corrected chi connectivity index (χ0v) is 16.8. The highest BCUT2D eigenvalue weighted by Crippen LogP contribution is 2.52. The Morgan fingerprint density at radius 3 is 2.54 bits per heavy atom. The van der Waals surface area contributed by atoms with E-state index >= 15 is 0 Å². The van der Waals surface area contributed by atoms with Crippen LogP contribution in [0.25, 0.3) is 0 Å². The molecule has 5 nitrogen and oxygen atoms in total. The van der Waals surface area contributed by atoms with E-state index in [2.05, 4.69) is 17.1 Å². The van der Waals surface area contributed by atoms with E-state index in [1.54, 1.807) is 0 Å². The quantitative estimate of drug-likeness (QED) is 0.781. The summed E-state index contributed by atoms with van der Waals surface area (Å²) in [5.41, 5.74) is 3.53. The molecule has 1 aromatic carbocycles. The summed E-state index contributed by atoms with van der Waals surface area (Å²) in [5.74, 6) is -0.0625. The molecule has 0 radical (unpaired) electrons. The molecular formula is C23H28N2O3. The van der Waals surface area contributed by atoms with Crippen LogP contribution in [0.2, 0.25) is 0 Å². The van der Waals surface area contributed by atoms with Crippen molar-refractivity contribution >= 4 is 11.7 Å². The molecule has 2 bridgehead atoms. The zero-order chi connectivity index (χ0) is 20.1. The van der Waals surface area contributed by atoms with E-state index in [0.29, 0.717) is 11.3 Å². The maximum Gasteiger partial charge on any atom is 0.256 e. The lowest BCUT2D eigenvalue weighted by molar-refractivity contribution is 0.0570. The van der Waals surface area contributed by atoms with E-state index in [-0.39, 0.29) is 35.8 Å². The first-order valence-electron chi connectivity index (χ1n) is 10.1. The normalized spacial score (nSPS) is 26.1. The summed E-state index contributed by atoms with van der Waals surface area (Å²) >= 11 is 0. The Morgan fingerprint density at radius 1 is 1.21 bits per heavy atom. The molecule has 2 aliphatic heterocycles. The largest absolute Gasteiger partial charge is 0.396 e. The summed E-state index contributed by atoms with van der Waals surface area (Å²) < 4.78 is 0. The molecule has 0 aliphatic carbocycles. The number of nitrogens with one attached hydrogen (secondary N) is 1. The van der Waals surface area contributed by atoms with Crippen LogP contribution >= 0.6 is 0 Å². The second kappa shape index (κ2) is 6.89. The fourth-order valence-electron chi connectivity index (χ4n) is 5.57. The fraction of sp³-hybridized carbons (Fsp3) is 0.478. The van der Waals surface area contributed by atoms with Crippen LogP contribution in [-0.2, 0) is 6.42 Å². The van der Waals surface area contributed by atoms with Crippen LogP contribution in [0.15, 0.2) is 30.3 Å². The van der Waals surface area contributed by atoms with E-state index < -0.39 is 0 Å². The van der Waals surface area contributed by atoms with Gasteiger partial charge >= 0.3 is 0 Å². The maximum absolute atomic E-state index is 13.6. The minimum absolute atomic E-state index is 0.00497. The fourth-order valence-corrected chi connectivity index (χ4v) is 5.57. The molecule has 0 unspecified atom stereocenters. The van der Waals surface area contributed by atoms with Crippen molar-refractivity contribution in [1.82, 2.24) is 9.88 Å². The Hall–Kier alpha value is -2.40. The summed E-state index contributed by atoms with van der Waals surface area (Å²) in [6.07, 6.45) is 3.51. The number of aliphatic hydroxyl groups is 1. The number of aromatic nitrogens is 1. The smallest absolute Gasteiger partial charge is 0.256 e. The van der Waals surface area contributed by atoms with E-state index in [1.807, 2.05) is 36.9 Å². The Labute approximate surface area is 165 Å². The molecule has 3 atom stereocenters. The Morgan fingerprint density at radius 2 is 1.93 bits per heavy atom. The van der Waals surface area contributed by atoms with E-state index in [0.717, 1.165) is 36.9 Å². The SMILES string of the molecule is CC(=O)c1[nH]c(C)c(C(=O)N2[C@H]3CC[C@@H]2[C@@](CO)(Cc2ccccc2)C3)c1C.